The van der Waals surface area contributed by atoms with Gasteiger partial charge in [-0.15, -0.1) is 0 Å². The van der Waals surface area contributed by atoms with Gasteiger partial charge in [0.05, 0.1) is 19.0 Å². The van der Waals surface area contributed by atoms with Crippen LogP contribution in [0.25, 0.3) is 0 Å². The van der Waals surface area contributed by atoms with Crippen molar-refractivity contribution < 1.29 is 29.4 Å². The van der Waals surface area contributed by atoms with Crippen LogP contribution in [0.3, 0.4) is 0 Å². The van der Waals surface area contributed by atoms with Gasteiger partial charge in [-0.25, -0.2) is 9.78 Å². The molecule has 1 fully saturated rings. The van der Waals surface area contributed by atoms with Crippen LogP contribution in [-0.4, -0.2) is 86.9 Å². The second-order valence-corrected chi connectivity index (χ2v) is 7.18. The Morgan fingerprint density at radius 3 is 2.40 bits per heavy atom. The number of carboxylic acids is 1. The quantitative estimate of drug-likeness (QED) is 0.168. The lowest BCUT2D eigenvalue weighted by Crippen LogP contribution is -2.58. The number of aliphatic hydroxyl groups excluding tert-OH is 1. The van der Waals surface area contributed by atoms with E-state index in [0.29, 0.717) is 18.7 Å². The van der Waals surface area contributed by atoms with Crippen LogP contribution in [0.1, 0.15) is 18.5 Å². The molecule has 0 saturated carbocycles. The molecule has 1 aromatic rings. The number of imidazole rings is 1. The first-order valence-corrected chi connectivity index (χ1v) is 10.0. The molecule has 30 heavy (non-hydrogen) atoms. The summed E-state index contributed by atoms with van der Waals surface area (Å²) in [5, 5.41) is 29.0. The van der Waals surface area contributed by atoms with Crippen LogP contribution >= 0.6 is 12.6 Å². The molecule has 0 bridgehead atoms. The molecule has 0 aliphatic carbocycles. The number of amides is 3. The van der Waals surface area contributed by atoms with Crippen molar-refractivity contribution in [2.24, 2.45) is 0 Å². The summed E-state index contributed by atoms with van der Waals surface area (Å²) in [6.07, 6.45) is 4.25. The molecule has 12 nitrogen and oxygen atoms in total. The van der Waals surface area contributed by atoms with Crippen molar-refractivity contribution in [3.8, 4) is 0 Å². The summed E-state index contributed by atoms with van der Waals surface area (Å²) in [6, 6.07) is -4.11. The van der Waals surface area contributed by atoms with Crippen LogP contribution < -0.4 is 21.3 Å². The van der Waals surface area contributed by atoms with Crippen LogP contribution in [0.5, 0.6) is 0 Å². The highest BCUT2D eigenvalue weighted by Crippen LogP contribution is 2.05. The standard InChI is InChI=1S/C17H26N6O6S/c24-6-12(15(26)21-11(17(28)29)4-9-5-18-8-20-9)22-16(27)13(7-30)23-14(25)10-2-1-3-19-10/h5,8,10-13,19,24,30H,1-4,6-7H2,(H,18,20)(H,21,26)(H,22,27)(H,23,25)(H,28,29). The maximum Gasteiger partial charge on any atom is 0.326 e. The molecule has 4 atom stereocenters. The Balaban J connectivity index is 1.93. The molecule has 2 heterocycles. The number of carbonyl (C=O) groups excluding carboxylic acids is 3. The number of carboxylic acid groups (broad SMARTS) is 1. The number of aromatic nitrogens is 2. The lowest BCUT2D eigenvalue weighted by Gasteiger charge is -2.23. The zero-order chi connectivity index (χ0) is 22.1. The topological polar surface area (TPSA) is 186 Å². The zero-order valence-electron chi connectivity index (χ0n) is 16.1. The van der Waals surface area contributed by atoms with E-state index in [1.807, 2.05) is 0 Å². The highest BCUT2D eigenvalue weighted by atomic mass is 32.1. The monoisotopic (exact) mass is 442 g/mol. The molecule has 1 saturated heterocycles. The normalized spacial score (nSPS) is 18.8. The number of aromatic amines is 1. The fourth-order valence-corrected chi connectivity index (χ4v) is 3.19. The van der Waals surface area contributed by atoms with E-state index in [1.165, 1.54) is 12.5 Å². The summed E-state index contributed by atoms with van der Waals surface area (Å²) in [5.74, 6) is -3.25. The van der Waals surface area contributed by atoms with Crippen molar-refractivity contribution in [2.75, 3.05) is 18.9 Å². The van der Waals surface area contributed by atoms with Gasteiger partial charge in [0.2, 0.25) is 17.7 Å². The third-order valence-electron chi connectivity index (χ3n) is 4.60. The van der Waals surface area contributed by atoms with Gasteiger partial charge in [0.25, 0.3) is 0 Å². The molecule has 0 radical (unpaired) electrons. The summed E-state index contributed by atoms with van der Waals surface area (Å²) in [6.45, 7) is -0.0444. The molecule has 0 spiro atoms. The van der Waals surface area contributed by atoms with Crippen LogP contribution in [0.2, 0.25) is 0 Å². The van der Waals surface area contributed by atoms with E-state index in [0.717, 1.165) is 6.42 Å². The van der Waals surface area contributed by atoms with Gasteiger partial charge in [0.1, 0.15) is 18.1 Å². The van der Waals surface area contributed by atoms with E-state index in [-0.39, 0.29) is 18.1 Å². The summed E-state index contributed by atoms with van der Waals surface area (Å²) in [7, 11) is 0. The Morgan fingerprint density at radius 1 is 1.17 bits per heavy atom. The Bertz CT molecular complexity index is 739. The summed E-state index contributed by atoms with van der Waals surface area (Å²) in [4.78, 5) is 55.0. The molecule has 1 aliphatic rings. The van der Waals surface area contributed by atoms with Crippen molar-refractivity contribution in [3.05, 3.63) is 18.2 Å². The van der Waals surface area contributed by atoms with Gasteiger partial charge in [0, 0.05) is 24.1 Å². The number of hydrogen-bond acceptors (Lipinski definition) is 8. The number of nitrogens with zero attached hydrogens (tertiary/aromatic N) is 1. The van der Waals surface area contributed by atoms with E-state index in [4.69, 9.17) is 0 Å². The molecular formula is C17H26N6O6S. The minimum absolute atomic E-state index is 0.0262. The van der Waals surface area contributed by atoms with Crippen LogP contribution in [0, 0.1) is 0 Å². The molecule has 4 unspecified atom stereocenters. The van der Waals surface area contributed by atoms with Crippen molar-refractivity contribution in [2.45, 2.75) is 43.4 Å². The number of thiol groups is 1. The third-order valence-corrected chi connectivity index (χ3v) is 4.97. The largest absolute Gasteiger partial charge is 0.480 e. The molecule has 3 amide bonds. The minimum Gasteiger partial charge on any atom is -0.480 e. The Labute approximate surface area is 178 Å². The second kappa shape index (κ2) is 11.5. The number of H-pyrrole nitrogens is 1. The molecule has 0 aromatic carbocycles. The first-order valence-electron chi connectivity index (χ1n) is 9.42. The van der Waals surface area contributed by atoms with Crippen molar-refractivity contribution >= 4 is 36.3 Å². The first-order chi connectivity index (χ1) is 14.3. The fraction of sp³-hybridized carbons (Fsp3) is 0.588. The molecule has 1 aliphatic heterocycles. The van der Waals surface area contributed by atoms with Gasteiger partial charge < -0.3 is 36.5 Å². The van der Waals surface area contributed by atoms with Crippen molar-refractivity contribution in [1.82, 2.24) is 31.2 Å². The maximum absolute atomic E-state index is 12.5. The number of nitrogens with one attached hydrogen (secondary N) is 5. The van der Waals surface area contributed by atoms with Crippen LogP contribution in [-0.2, 0) is 25.6 Å². The lowest BCUT2D eigenvalue weighted by molar-refractivity contribution is -0.142. The number of aliphatic hydroxyl groups is 1. The van der Waals surface area contributed by atoms with Crippen LogP contribution in [0.15, 0.2) is 12.5 Å². The average molecular weight is 442 g/mol. The van der Waals surface area contributed by atoms with E-state index < -0.39 is 48.6 Å². The predicted octanol–water partition coefficient (Wildman–Crippen LogP) is -2.83. The number of rotatable bonds is 11. The van der Waals surface area contributed by atoms with Gasteiger partial charge in [-0.05, 0) is 19.4 Å². The zero-order valence-corrected chi connectivity index (χ0v) is 17.0. The minimum atomic E-state index is -1.40. The maximum atomic E-state index is 12.5. The SMILES string of the molecule is O=C(O)C(Cc1cnc[nH]1)NC(=O)C(CO)NC(=O)C(CS)NC(=O)C1CCCN1. The van der Waals surface area contributed by atoms with Gasteiger partial charge in [-0.3, -0.25) is 14.4 Å². The first kappa shape index (κ1) is 23.6. The van der Waals surface area contributed by atoms with Crippen LogP contribution in [0.4, 0.5) is 0 Å². The highest BCUT2D eigenvalue weighted by molar-refractivity contribution is 7.80. The molecular weight excluding hydrogens is 416 g/mol. The molecule has 7 N–H and O–H groups in total. The van der Waals surface area contributed by atoms with Gasteiger partial charge in [-0.2, -0.15) is 12.6 Å². The number of aliphatic carboxylic acids is 1. The molecule has 2 rings (SSSR count). The molecule has 166 valence electrons. The lowest BCUT2D eigenvalue weighted by atomic mass is 10.1. The smallest absolute Gasteiger partial charge is 0.326 e. The predicted molar refractivity (Wildman–Crippen MR) is 108 cm³/mol. The third kappa shape index (κ3) is 6.71. The molecule has 13 heteroatoms. The summed E-state index contributed by atoms with van der Waals surface area (Å²) >= 11 is 4.06. The van der Waals surface area contributed by atoms with Gasteiger partial charge in [-0.1, -0.05) is 0 Å². The average Bonchev–Trinajstić information content (AvgIpc) is 3.43. The summed E-state index contributed by atoms with van der Waals surface area (Å²) < 4.78 is 0. The second-order valence-electron chi connectivity index (χ2n) is 6.82. The Kier molecular flexibility index (Phi) is 9.08. The van der Waals surface area contributed by atoms with Gasteiger partial charge in [0.15, 0.2) is 0 Å². The molecule has 1 aromatic heterocycles. The van der Waals surface area contributed by atoms with Crippen molar-refractivity contribution in [3.63, 3.8) is 0 Å². The Hall–Kier alpha value is -2.64. The van der Waals surface area contributed by atoms with E-state index in [2.05, 4.69) is 43.9 Å². The van der Waals surface area contributed by atoms with E-state index in [1.54, 1.807) is 0 Å². The van der Waals surface area contributed by atoms with E-state index in [9.17, 15) is 29.4 Å². The van der Waals surface area contributed by atoms with E-state index >= 15 is 0 Å². The fourth-order valence-electron chi connectivity index (χ4n) is 2.93. The summed E-state index contributed by atoms with van der Waals surface area (Å²) in [5.41, 5.74) is 0.491. The van der Waals surface area contributed by atoms with Gasteiger partial charge >= 0.3 is 5.97 Å². The van der Waals surface area contributed by atoms with Crippen molar-refractivity contribution in [1.29, 1.82) is 0 Å². The number of carbonyl (C=O) groups is 4. The number of hydrogen-bond donors (Lipinski definition) is 8. The highest BCUT2D eigenvalue weighted by Gasteiger charge is 2.30. The Morgan fingerprint density at radius 2 is 1.87 bits per heavy atom.